The third kappa shape index (κ3) is 3.81. The second-order valence-corrected chi connectivity index (χ2v) is 7.65. The van der Waals surface area contributed by atoms with Gasteiger partial charge in [0.25, 0.3) is 11.8 Å². The molecule has 5 nitrogen and oxygen atoms in total. The molecule has 3 aromatic carbocycles. The van der Waals surface area contributed by atoms with Crippen LogP contribution in [0.4, 0.5) is 11.4 Å². The molecule has 3 N–H and O–H groups in total. The van der Waals surface area contributed by atoms with E-state index in [1.165, 1.54) is 29.5 Å². The Labute approximate surface area is 175 Å². The van der Waals surface area contributed by atoms with E-state index in [1.54, 1.807) is 24.3 Å². The number of nitrogens with one attached hydrogen (secondary N) is 2. The number of hydrogen-bond acceptors (Lipinski definition) is 4. The lowest BCUT2D eigenvalue weighted by Crippen LogP contribution is -2.18. The highest BCUT2D eigenvalue weighted by Crippen LogP contribution is 2.36. The van der Waals surface area contributed by atoms with Gasteiger partial charge < -0.3 is 15.7 Å². The summed E-state index contributed by atoms with van der Waals surface area (Å²) in [6.07, 6.45) is 0. The number of amides is 2. The van der Waals surface area contributed by atoms with E-state index < -0.39 is 11.8 Å². The maximum Gasteiger partial charge on any atom is 0.267 e. The molecule has 4 aromatic rings. The van der Waals surface area contributed by atoms with Gasteiger partial charge in [-0.05, 0) is 30.3 Å². The Morgan fingerprint density at radius 1 is 0.828 bits per heavy atom. The second kappa shape index (κ2) is 7.95. The summed E-state index contributed by atoms with van der Waals surface area (Å²) in [5.74, 6) is -1.16. The summed E-state index contributed by atoms with van der Waals surface area (Å²) in [4.78, 5) is 25.9. The van der Waals surface area contributed by atoms with Crippen molar-refractivity contribution in [1.29, 1.82) is 0 Å². The molecular formula is C22H15ClN2O3S. The minimum atomic E-state index is -0.494. The van der Waals surface area contributed by atoms with Crippen molar-refractivity contribution in [2.24, 2.45) is 0 Å². The summed E-state index contributed by atoms with van der Waals surface area (Å²) in [5, 5.41) is 16.8. The summed E-state index contributed by atoms with van der Waals surface area (Å²) < 4.78 is 0.877. The van der Waals surface area contributed by atoms with Crippen molar-refractivity contribution in [3.8, 4) is 5.75 Å². The van der Waals surface area contributed by atoms with Crippen LogP contribution in [0.5, 0.6) is 5.75 Å². The van der Waals surface area contributed by atoms with E-state index in [-0.39, 0.29) is 17.0 Å². The highest BCUT2D eigenvalue weighted by atomic mass is 35.5. The average molecular weight is 423 g/mol. The highest BCUT2D eigenvalue weighted by Gasteiger charge is 2.21. The van der Waals surface area contributed by atoms with E-state index in [4.69, 9.17) is 11.6 Å². The smallest absolute Gasteiger partial charge is 0.267 e. The van der Waals surface area contributed by atoms with Crippen LogP contribution in [0.25, 0.3) is 10.1 Å². The van der Waals surface area contributed by atoms with Gasteiger partial charge in [-0.3, -0.25) is 9.59 Å². The quantitative estimate of drug-likeness (QED) is 0.365. The number of para-hydroxylation sites is 2. The van der Waals surface area contributed by atoms with Crippen LogP contribution in [-0.4, -0.2) is 16.9 Å². The summed E-state index contributed by atoms with van der Waals surface area (Å²) in [5.41, 5.74) is 0.768. The van der Waals surface area contributed by atoms with Crippen LogP contribution in [0, 0.1) is 0 Å². The predicted octanol–water partition coefficient (Wildman–Crippen LogP) is 5.76. The van der Waals surface area contributed by atoms with Gasteiger partial charge in [-0.15, -0.1) is 11.3 Å². The number of carbonyl (C=O) groups excluding carboxylic acids is 2. The molecule has 0 aliphatic rings. The zero-order valence-corrected chi connectivity index (χ0v) is 16.6. The van der Waals surface area contributed by atoms with E-state index in [1.807, 2.05) is 30.3 Å². The zero-order valence-electron chi connectivity index (χ0n) is 15.0. The minimum Gasteiger partial charge on any atom is -0.506 e. The number of fused-ring (bicyclic) bond motifs is 1. The Bertz CT molecular complexity index is 1220. The van der Waals surface area contributed by atoms with Gasteiger partial charge in [0.05, 0.1) is 16.3 Å². The number of rotatable bonds is 4. The molecule has 0 saturated carbocycles. The van der Waals surface area contributed by atoms with E-state index in [2.05, 4.69) is 10.6 Å². The first-order valence-electron chi connectivity index (χ1n) is 8.71. The Morgan fingerprint density at radius 3 is 2.31 bits per heavy atom. The standard InChI is InChI=1S/C22H15ClN2O3S/c23-18-14-9-4-5-12-17(14)29-20(18)22(28)25-19-15(10-6-11-16(19)26)21(27)24-13-7-2-1-3-8-13/h1-12,26H,(H,24,27)(H,25,28). The molecule has 0 unspecified atom stereocenters. The third-order valence-electron chi connectivity index (χ3n) is 4.30. The largest absolute Gasteiger partial charge is 0.506 e. The third-order valence-corrected chi connectivity index (χ3v) is 5.97. The molecule has 0 bridgehead atoms. The molecule has 0 atom stereocenters. The first-order valence-corrected chi connectivity index (χ1v) is 9.91. The van der Waals surface area contributed by atoms with E-state index in [0.717, 1.165) is 10.1 Å². The molecule has 2 amide bonds. The normalized spacial score (nSPS) is 10.7. The molecule has 1 heterocycles. The van der Waals surface area contributed by atoms with Gasteiger partial charge in [0.15, 0.2) is 0 Å². The van der Waals surface area contributed by atoms with Crippen molar-refractivity contribution in [1.82, 2.24) is 0 Å². The van der Waals surface area contributed by atoms with Crippen LogP contribution in [0.15, 0.2) is 72.8 Å². The van der Waals surface area contributed by atoms with Crippen molar-refractivity contribution in [2.45, 2.75) is 0 Å². The molecule has 1 aromatic heterocycles. The van der Waals surface area contributed by atoms with Gasteiger partial charge in [0, 0.05) is 15.8 Å². The lowest BCUT2D eigenvalue weighted by molar-refractivity contribution is 0.102. The molecule has 29 heavy (non-hydrogen) atoms. The average Bonchev–Trinajstić information content (AvgIpc) is 3.07. The topological polar surface area (TPSA) is 78.4 Å². The molecule has 0 aliphatic carbocycles. The maximum atomic E-state index is 12.9. The Morgan fingerprint density at radius 2 is 1.55 bits per heavy atom. The summed E-state index contributed by atoms with van der Waals surface area (Å²) in [6.45, 7) is 0. The maximum absolute atomic E-state index is 12.9. The van der Waals surface area contributed by atoms with Crippen molar-refractivity contribution >= 4 is 56.2 Å². The first kappa shape index (κ1) is 19.0. The Balaban J connectivity index is 1.65. The molecule has 4 rings (SSSR count). The van der Waals surface area contributed by atoms with Crippen molar-refractivity contribution in [3.63, 3.8) is 0 Å². The number of thiophene rings is 1. The molecule has 0 radical (unpaired) electrons. The second-order valence-electron chi connectivity index (χ2n) is 6.22. The molecule has 0 fully saturated rings. The summed E-state index contributed by atoms with van der Waals surface area (Å²) in [7, 11) is 0. The van der Waals surface area contributed by atoms with Crippen LogP contribution < -0.4 is 10.6 Å². The molecular weight excluding hydrogens is 408 g/mol. The van der Waals surface area contributed by atoms with Gasteiger partial charge in [0.2, 0.25) is 0 Å². The number of halogens is 1. The number of aromatic hydroxyl groups is 1. The summed E-state index contributed by atoms with van der Waals surface area (Å²) >= 11 is 7.62. The van der Waals surface area contributed by atoms with Gasteiger partial charge in [-0.1, -0.05) is 54.1 Å². The highest BCUT2D eigenvalue weighted by molar-refractivity contribution is 7.21. The number of hydrogen-bond donors (Lipinski definition) is 3. The minimum absolute atomic E-state index is 0.0273. The SMILES string of the molecule is O=C(Nc1ccccc1)c1cccc(O)c1NC(=O)c1sc2ccccc2c1Cl. The summed E-state index contributed by atoms with van der Waals surface area (Å²) in [6, 6.07) is 20.8. The zero-order chi connectivity index (χ0) is 20.4. The van der Waals surface area contributed by atoms with E-state index >= 15 is 0 Å². The van der Waals surface area contributed by atoms with Crippen LogP contribution in [-0.2, 0) is 0 Å². The van der Waals surface area contributed by atoms with E-state index in [9.17, 15) is 14.7 Å². The van der Waals surface area contributed by atoms with Crippen LogP contribution >= 0.6 is 22.9 Å². The van der Waals surface area contributed by atoms with Crippen molar-refractivity contribution < 1.29 is 14.7 Å². The van der Waals surface area contributed by atoms with Gasteiger partial charge in [-0.25, -0.2) is 0 Å². The fourth-order valence-corrected chi connectivity index (χ4v) is 4.32. The lowest BCUT2D eigenvalue weighted by Gasteiger charge is -2.13. The van der Waals surface area contributed by atoms with E-state index in [0.29, 0.717) is 15.6 Å². The monoisotopic (exact) mass is 422 g/mol. The molecule has 144 valence electrons. The van der Waals surface area contributed by atoms with Crippen LogP contribution in [0.3, 0.4) is 0 Å². The number of phenolic OH excluding ortho intramolecular Hbond substituents is 1. The van der Waals surface area contributed by atoms with Crippen LogP contribution in [0.2, 0.25) is 5.02 Å². The molecule has 0 aliphatic heterocycles. The van der Waals surface area contributed by atoms with Crippen LogP contribution in [0.1, 0.15) is 20.0 Å². The van der Waals surface area contributed by atoms with Gasteiger partial charge in [-0.2, -0.15) is 0 Å². The predicted molar refractivity (Wildman–Crippen MR) is 117 cm³/mol. The Kier molecular flexibility index (Phi) is 5.20. The first-order chi connectivity index (χ1) is 14.0. The lowest BCUT2D eigenvalue weighted by atomic mass is 10.1. The fraction of sp³-hybridized carbons (Fsp3) is 0. The van der Waals surface area contributed by atoms with Gasteiger partial charge in [0.1, 0.15) is 10.6 Å². The fourth-order valence-electron chi connectivity index (χ4n) is 2.91. The van der Waals surface area contributed by atoms with Crippen molar-refractivity contribution in [3.05, 3.63) is 88.3 Å². The Hall–Kier alpha value is -3.35. The number of benzene rings is 3. The number of carbonyl (C=O) groups is 2. The van der Waals surface area contributed by atoms with Crippen molar-refractivity contribution in [2.75, 3.05) is 10.6 Å². The van der Waals surface area contributed by atoms with Gasteiger partial charge >= 0.3 is 0 Å². The number of phenols is 1. The molecule has 0 saturated heterocycles. The molecule has 0 spiro atoms. The molecule has 7 heteroatoms. The number of anilines is 2.